The van der Waals surface area contributed by atoms with E-state index in [2.05, 4.69) is 12.2 Å². The normalized spacial score (nSPS) is 20.2. The maximum absolute atomic E-state index is 12.1. The van der Waals surface area contributed by atoms with Gasteiger partial charge in [0.1, 0.15) is 0 Å². The summed E-state index contributed by atoms with van der Waals surface area (Å²) < 4.78 is 0. The summed E-state index contributed by atoms with van der Waals surface area (Å²) in [6, 6.07) is 2.03. The first-order valence-corrected chi connectivity index (χ1v) is 7.87. The first-order chi connectivity index (χ1) is 8.97. The molecule has 2 N–H and O–H groups in total. The van der Waals surface area contributed by atoms with Crippen LogP contribution in [0, 0.1) is 11.8 Å². The number of carbonyl (C=O) groups excluding carboxylic acids is 1. The molecule has 0 bridgehead atoms. The molecule has 1 aromatic rings. The van der Waals surface area contributed by atoms with Gasteiger partial charge in [-0.1, -0.05) is 20.8 Å². The van der Waals surface area contributed by atoms with Gasteiger partial charge in [-0.25, -0.2) is 0 Å². The van der Waals surface area contributed by atoms with Crippen molar-refractivity contribution in [2.75, 3.05) is 6.54 Å². The van der Waals surface area contributed by atoms with Crippen molar-refractivity contribution in [2.45, 2.75) is 46.1 Å². The van der Waals surface area contributed by atoms with Crippen molar-refractivity contribution in [2.24, 2.45) is 11.8 Å². The summed E-state index contributed by atoms with van der Waals surface area (Å²) in [4.78, 5) is 14.2. The number of aryl methyl sites for hydroxylation is 1. The number of fused-ring (bicyclic) bond motifs is 1. The topological polar surface area (TPSA) is 49.3 Å². The van der Waals surface area contributed by atoms with Crippen molar-refractivity contribution < 1.29 is 9.90 Å². The van der Waals surface area contributed by atoms with Crippen LogP contribution in [0.15, 0.2) is 6.07 Å². The quantitative estimate of drug-likeness (QED) is 0.891. The van der Waals surface area contributed by atoms with E-state index in [4.69, 9.17) is 0 Å². The Kier molecular flexibility index (Phi) is 4.63. The largest absolute Gasteiger partial charge is 0.391 e. The highest BCUT2D eigenvalue weighted by molar-refractivity contribution is 7.14. The number of aliphatic hydroxyl groups is 1. The maximum Gasteiger partial charge on any atom is 0.261 e. The van der Waals surface area contributed by atoms with Gasteiger partial charge in [0.05, 0.1) is 11.0 Å². The van der Waals surface area contributed by atoms with Crippen LogP contribution in [0.1, 0.15) is 47.3 Å². The SMILES string of the molecule is CC1CCc2sc(C(=O)NCC(O)C(C)C)cc2C1. The van der Waals surface area contributed by atoms with Gasteiger partial charge < -0.3 is 10.4 Å². The molecule has 19 heavy (non-hydrogen) atoms. The summed E-state index contributed by atoms with van der Waals surface area (Å²) in [5.41, 5.74) is 1.35. The number of thiophene rings is 1. The van der Waals surface area contributed by atoms with E-state index in [0.29, 0.717) is 6.54 Å². The molecule has 0 radical (unpaired) electrons. The summed E-state index contributed by atoms with van der Waals surface area (Å²) in [7, 11) is 0. The van der Waals surface area contributed by atoms with E-state index in [-0.39, 0.29) is 11.8 Å². The zero-order valence-corrected chi connectivity index (χ0v) is 12.7. The lowest BCUT2D eigenvalue weighted by Gasteiger charge is -2.16. The highest BCUT2D eigenvalue weighted by atomic mass is 32.1. The number of hydrogen-bond acceptors (Lipinski definition) is 3. The van der Waals surface area contributed by atoms with Crippen LogP contribution in [-0.4, -0.2) is 23.7 Å². The standard InChI is InChI=1S/C15H23NO2S/c1-9(2)12(17)8-16-15(18)14-7-11-6-10(3)4-5-13(11)19-14/h7,9-10,12,17H,4-6,8H2,1-3H3,(H,16,18). The molecule has 106 valence electrons. The molecule has 4 heteroatoms. The highest BCUT2D eigenvalue weighted by Gasteiger charge is 2.21. The van der Waals surface area contributed by atoms with Gasteiger partial charge in [0, 0.05) is 11.4 Å². The number of aliphatic hydroxyl groups excluding tert-OH is 1. The van der Waals surface area contributed by atoms with E-state index in [1.54, 1.807) is 11.3 Å². The van der Waals surface area contributed by atoms with E-state index >= 15 is 0 Å². The Morgan fingerprint density at radius 3 is 3.00 bits per heavy atom. The second-order valence-electron chi connectivity index (χ2n) is 5.93. The summed E-state index contributed by atoms with van der Waals surface area (Å²) in [5, 5.41) is 12.5. The summed E-state index contributed by atoms with van der Waals surface area (Å²) in [5.74, 6) is 0.838. The van der Waals surface area contributed by atoms with Crippen LogP contribution >= 0.6 is 11.3 Å². The minimum absolute atomic E-state index is 0.0493. The molecule has 2 atom stereocenters. The second-order valence-corrected chi connectivity index (χ2v) is 7.07. The van der Waals surface area contributed by atoms with Gasteiger partial charge in [0.15, 0.2) is 0 Å². The van der Waals surface area contributed by atoms with Gasteiger partial charge in [0.2, 0.25) is 0 Å². The summed E-state index contributed by atoms with van der Waals surface area (Å²) >= 11 is 1.61. The van der Waals surface area contributed by atoms with E-state index in [0.717, 1.165) is 23.6 Å². The van der Waals surface area contributed by atoms with Crippen LogP contribution in [0.2, 0.25) is 0 Å². The Labute approximate surface area is 119 Å². The molecule has 2 rings (SSSR count). The fraction of sp³-hybridized carbons (Fsp3) is 0.667. The number of nitrogens with one attached hydrogen (secondary N) is 1. The Hall–Kier alpha value is -0.870. The van der Waals surface area contributed by atoms with E-state index in [1.165, 1.54) is 16.9 Å². The predicted octanol–water partition coefficient (Wildman–Crippen LogP) is 2.62. The third-order valence-electron chi connectivity index (χ3n) is 3.79. The Morgan fingerprint density at radius 1 is 1.58 bits per heavy atom. The summed E-state index contributed by atoms with van der Waals surface area (Å²) in [6.45, 7) is 6.49. The average molecular weight is 281 g/mol. The maximum atomic E-state index is 12.1. The molecule has 0 saturated carbocycles. The molecule has 0 saturated heterocycles. The minimum Gasteiger partial charge on any atom is -0.391 e. The molecular weight excluding hydrogens is 258 g/mol. The van der Waals surface area contributed by atoms with E-state index in [1.807, 2.05) is 19.9 Å². The zero-order valence-electron chi connectivity index (χ0n) is 11.9. The molecule has 2 unspecified atom stereocenters. The first kappa shape index (κ1) is 14.5. The number of carbonyl (C=O) groups is 1. The van der Waals surface area contributed by atoms with Gasteiger partial charge in [-0.05, 0) is 42.7 Å². The number of amides is 1. The van der Waals surface area contributed by atoms with Crippen LogP contribution in [0.5, 0.6) is 0 Å². The van der Waals surface area contributed by atoms with Gasteiger partial charge in [0.25, 0.3) is 5.91 Å². The number of hydrogen-bond donors (Lipinski definition) is 2. The molecule has 1 aliphatic rings. The molecule has 0 spiro atoms. The Balaban J connectivity index is 1.97. The van der Waals surface area contributed by atoms with E-state index in [9.17, 15) is 9.90 Å². The lowest BCUT2D eigenvalue weighted by Crippen LogP contribution is -2.34. The van der Waals surface area contributed by atoms with Crippen LogP contribution in [0.25, 0.3) is 0 Å². The second kappa shape index (κ2) is 6.06. The Morgan fingerprint density at radius 2 is 2.32 bits per heavy atom. The van der Waals surface area contributed by atoms with Crippen LogP contribution in [0.4, 0.5) is 0 Å². The third kappa shape index (κ3) is 3.57. The molecule has 0 fully saturated rings. The first-order valence-electron chi connectivity index (χ1n) is 7.05. The third-order valence-corrected chi connectivity index (χ3v) is 5.03. The molecule has 0 aromatic carbocycles. The van der Waals surface area contributed by atoms with Crippen LogP contribution in [-0.2, 0) is 12.8 Å². The van der Waals surface area contributed by atoms with E-state index < -0.39 is 6.10 Å². The van der Waals surface area contributed by atoms with Gasteiger partial charge in [-0.2, -0.15) is 0 Å². The lowest BCUT2D eigenvalue weighted by atomic mass is 9.90. The van der Waals surface area contributed by atoms with Gasteiger partial charge >= 0.3 is 0 Å². The van der Waals surface area contributed by atoms with Crippen molar-refractivity contribution in [3.05, 3.63) is 21.4 Å². The van der Waals surface area contributed by atoms with Crippen LogP contribution < -0.4 is 5.32 Å². The smallest absolute Gasteiger partial charge is 0.261 e. The molecule has 1 amide bonds. The zero-order chi connectivity index (χ0) is 14.0. The minimum atomic E-state index is -0.474. The van der Waals surface area contributed by atoms with Crippen molar-refractivity contribution in [3.8, 4) is 0 Å². The monoisotopic (exact) mass is 281 g/mol. The fourth-order valence-corrected chi connectivity index (χ4v) is 3.46. The molecule has 1 heterocycles. The van der Waals surface area contributed by atoms with Crippen molar-refractivity contribution in [3.63, 3.8) is 0 Å². The van der Waals surface area contributed by atoms with Crippen LogP contribution in [0.3, 0.4) is 0 Å². The van der Waals surface area contributed by atoms with Gasteiger partial charge in [-0.15, -0.1) is 11.3 Å². The molecule has 0 aliphatic heterocycles. The molecule has 3 nitrogen and oxygen atoms in total. The van der Waals surface area contributed by atoms with Crippen molar-refractivity contribution >= 4 is 17.2 Å². The van der Waals surface area contributed by atoms with Crippen molar-refractivity contribution in [1.29, 1.82) is 0 Å². The average Bonchev–Trinajstić information content (AvgIpc) is 2.78. The van der Waals surface area contributed by atoms with Crippen molar-refractivity contribution in [1.82, 2.24) is 5.32 Å². The highest BCUT2D eigenvalue weighted by Crippen LogP contribution is 2.32. The molecule has 1 aliphatic carbocycles. The lowest BCUT2D eigenvalue weighted by molar-refractivity contribution is 0.0875. The molecule has 1 aromatic heterocycles. The molecular formula is C15H23NO2S. The predicted molar refractivity (Wildman–Crippen MR) is 78.7 cm³/mol. The summed E-state index contributed by atoms with van der Waals surface area (Å²) in [6.07, 6.45) is 2.94. The van der Waals surface area contributed by atoms with Gasteiger partial charge in [-0.3, -0.25) is 4.79 Å². The Bertz CT molecular complexity index is 453. The number of rotatable bonds is 4. The fourth-order valence-electron chi connectivity index (χ4n) is 2.34.